The number of ether oxygens (including phenoxy) is 1. The summed E-state index contributed by atoms with van der Waals surface area (Å²) in [6.07, 6.45) is -0.251. The van der Waals surface area contributed by atoms with Gasteiger partial charge in [0.2, 0.25) is 10.0 Å². The van der Waals surface area contributed by atoms with Crippen molar-refractivity contribution in [3.8, 4) is 0 Å². The number of hydrogen-bond donors (Lipinski definition) is 1. The first-order chi connectivity index (χ1) is 8.95. The van der Waals surface area contributed by atoms with E-state index >= 15 is 0 Å². The van der Waals surface area contributed by atoms with Crippen molar-refractivity contribution in [1.29, 1.82) is 0 Å². The van der Waals surface area contributed by atoms with Gasteiger partial charge in [-0.3, -0.25) is 0 Å². The summed E-state index contributed by atoms with van der Waals surface area (Å²) < 4.78 is 32.3. The molecule has 2 rings (SSSR count). The number of hydrogen-bond acceptors (Lipinski definition) is 4. The molecule has 1 aromatic rings. The van der Waals surface area contributed by atoms with Crippen molar-refractivity contribution in [2.75, 3.05) is 26.2 Å². The first kappa shape index (κ1) is 15.2. The smallest absolute Gasteiger partial charge is 0.243 e. The van der Waals surface area contributed by atoms with E-state index < -0.39 is 10.0 Å². The predicted octanol–water partition coefficient (Wildman–Crippen LogP) is 1.45. The maximum atomic E-state index is 12.5. The molecule has 1 unspecified atom stereocenters. The van der Waals surface area contributed by atoms with Crippen molar-refractivity contribution >= 4 is 37.6 Å². The normalized spacial score (nSPS) is 21.5. The molecule has 1 aromatic carbocycles. The Morgan fingerprint density at radius 2 is 2.26 bits per heavy atom. The van der Waals surface area contributed by atoms with E-state index in [-0.39, 0.29) is 17.5 Å². The van der Waals surface area contributed by atoms with E-state index in [1.807, 2.05) is 0 Å². The van der Waals surface area contributed by atoms with Gasteiger partial charge in [-0.15, -0.1) is 0 Å². The lowest BCUT2D eigenvalue weighted by Crippen LogP contribution is -2.48. The van der Waals surface area contributed by atoms with E-state index in [4.69, 9.17) is 22.1 Å². The monoisotopic (exact) mass is 368 g/mol. The van der Waals surface area contributed by atoms with Crippen molar-refractivity contribution in [2.24, 2.45) is 5.73 Å². The molecule has 1 aliphatic heterocycles. The van der Waals surface area contributed by atoms with Crippen LogP contribution in [0.25, 0.3) is 0 Å². The van der Waals surface area contributed by atoms with Gasteiger partial charge >= 0.3 is 0 Å². The van der Waals surface area contributed by atoms with Crippen LogP contribution >= 0.6 is 27.5 Å². The Balaban J connectivity index is 2.28. The predicted molar refractivity (Wildman–Crippen MR) is 76.7 cm³/mol. The molecule has 0 spiro atoms. The van der Waals surface area contributed by atoms with Crippen molar-refractivity contribution in [2.45, 2.75) is 11.0 Å². The van der Waals surface area contributed by atoms with E-state index in [1.54, 1.807) is 6.07 Å². The highest BCUT2D eigenvalue weighted by Gasteiger charge is 2.30. The van der Waals surface area contributed by atoms with Crippen LogP contribution in [0.4, 0.5) is 0 Å². The first-order valence-corrected chi connectivity index (χ1v) is 8.33. The van der Waals surface area contributed by atoms with Crippen LogP contribution in [0.5, 0.6) is 0 Å². The van der Waals surface area contributed by atoms with Crippen LogP contribution in [-0.2, 0) is 14.8 Å². The molecule has 1 fully saturated rings. The molecule has 0 amide bonds. The molecule has 19 heavy (non-hydrogen) atoms. The van der Waals surface area contributed by atoms with Gasteiger partial charge in [-0.1, -0.05) is 11.6 Å². The summed E-state index contributed by atoms with van der Waals surface area (Å²) in [4.78, 5) is 0.210. The van der Waals surface area contributed by atoms with Crippen molar-refractivity contribution in [3.05, 3.63) is 27.7 Å². The zero-order valence-electron chi connectivity index (χ0n) is 10.1. The van der Waals surface area contributed by atoms with Gasteiger partial charge < -0.3 is 10.5 Å². The molecule has 1 saturated heterocycles. The van der Waals surface area contributed by atoms with Gasteiger partial charge in [-0.25, -0.2) is 8.42 Å². The molecule has 2 N–H and O–H groups in total. The van der Waals surface area contributed by atoms with E-state index in [1.165, 1.54) is 16.4 Å². The molecule has 0 radical (unpaired) electrons. The minimum Gasteiger partial charge on any atom is -0.374 e. The Labute approximate surface area is 125 Å². The van der Waals surface area contributed by atoms with E-state index in [0.717, 1.165) is 0 Å². The first-order valence-electron chi connectivity index (χ1n) is 5.72. The number of halogens is 2. The van der Waals surface area contributed by atoms with Crippen LogP contribution in [0, 0.1) is 0 Å². The minimum atomic E-state index is -3.54. The maximum Gasteiger partial charge on any atom is 0.243 e. The Morgan fingerprint density at radius 3 is 2.89 bits per heavy atom. The van der Waals surface area contributed by atoms with Gasteiger partial charge in [0, 0.05) is 24.1 Å². The molecule has 1 atom stereocenters. The standard InChI is InChI=1S/C11H14BrClN2O3S/c12-10-5-9(1-2-11(10)13)19(16,17)15-3-4-18-8(6-14)7-15/h1-2,5,8H,3-4,6-7,14H2. The third kappa shape index (κ3) is 3.29. The SMILES string of the molecule is NCC1CN(S(=O)(=O)c2ccc(Cl)c(Br)c2)CCO1. The molecular weight excluding hydrogens is 356 g/mol. The Kier molecular flexibility index (Phi) is 4.86. The van der Waals surface area contributed by atoms with E-state index in [0.29, 0.717) is 29.2 Å². The molecule has 1 heterocycles. The highest BCUT2D eigenvalue weighted by atomic mass is 79.9. The van der Waals surface area contributed by atoms with E-state index in [2.05, 4.69) is 15.9 Å². The van der Waals surface area contributed by atoms with Crippen molar-refractivity contribution in [3.63, 3.8) is 0 Å². The summed E-state index contributed by atoms with van der Waals surface area (Å²) >= 11 is 9.10. The number of nitrogens with two attached hydrogens (primary N) is 1. The lowest BCUT2D eigenvalue weighted by molar-refractivity contribution is 0.00450. The Hall–Kier alpha value is -0.180. The Bertz CT molecular complexity index is 567. The van der Waals surface area contributed by atoms with Gasteiger partial charge in [-0.05, 0) is 34.1 Å². The lowest BCUT2D eigenvalue weighted by Gasteiger charge is -2.31. The summed E-state index contributed by atoms with van der Waals surface area (Å²) in [5.74, 6) is 0. The van der Waals surface area contributed by atoms with Gasteiger partial charge in [0.05, 0.1) is 22.6 Å². The topological polar surface area (TPSA) is 72.6 Å². The summed E-state index contributed by atoms with van der Waals surface area (Å²) in [5, 5.41) is 0.473. The number of rotatable bonds is 3. The fourth-order valence-electron chi connectivity index (χ4n) is 1.84. The molecule has 0 saturated carbocycles. The zero-order chi connectivity index (χ0) is 14.0. The zero-order valence-corrected chi connectivity index (χ0v) is 13.2. The van der Waals surface area contributed by atoms with Gasteiger partial charge in [-0.2, -0.15) is 4.31 Å². The molecular formula is C11H14BrClN2O3S. The van der Waals surface area contributed by atoms with E-state index in [9.17, 15) is 8.42 Å². The number of morpholine rings is 1. The molecule has 106 valence electrons. The average Bonchev–Trinajstić information content (AvgIpc) is 2.41. The van der Waals surface area contributed by atoms with Crippen LogP contribution in [-0.4, -0.2) is 45.1 Å². The highest BCUT2D eigenvalue weighted by Crippen LogP contribution is 2.27. The average molecular weight is 370 g/mol. The fraction of sp³-hybridized carbons (Fsp3) is 0.455. The second-order valence-electron chi connectivity index (χ2n) is 4.17. The van der Waals surface area contributed by atoms with Gasteiger partial charge in [0.25, 0.3) is 0 Å². The molecule has 1 aliphatic rings. The number of sulfonamides is 1. The maximum absolute atomic E-state index is 12.5. The Morgan fingerprint density at radius 1 is 1.53 bits per heavy atom. The number of benzene rings is 1. The third-order valence-electron chi connectivity index (χ3n) is 2.89. The van der Waals surface area contributed by atoms with Gasteiger partial charge in [0.15, 0.2) is 0 Å². The summed E-state index contributed by atoms with van der Waals surface area (Å²) in [7, 11) is -3.54. The highest BCUT2D eigenvalue weighted by molar-refractivity contribution is 9.10. The van der Waals surface area contributed by atoms with Gasteiger partial charge in [0.1, 0.15) is 0 Å². The van der Waals surface area contributed by atoms with Crippen LogP contribution in [0.2, 0.25) is 5.02 Å². The summed E-state index contributed by atoms with van der Waals surface area (Å²) in [5.41, 5.74) is 5.52. The molecule has 0 aromatic heterocycles. The largest absolute Gasteiger partial charge is 0.374 e. The molecule has 0 bridgehead atoms. The third-order valence-corrected chi connectivity index (χ3v) is 5.97. The van der Waals surface area contributed by atoms with Crippen LogP contribution in [0.3, 0.4) is 0 Å². The van der Waals surface area contributed by atoms with Crippen LogP contribution in [0.15, 0.2) is 27.6 Å². The molecule has 0 aliphatic carbocycles. The molecule has 5 nitrogen and oxygen atoms in total. The molecule has 8 heteroatoms. The number of nitrogens with zero attached hydrogens (tertiary/aromatic N) is 1. The summed E-state index contributed by atoms with van der Waals surface area (Å²) in [6, 6.07) is 4.55. The van der Waals surface area contributed by atoms with Crippen molar-refractivity contribution in [1.82, 2.24) is 4.31 Å². The lowest BCUT2D eigenvalue weighted by atomic mass is 10.3. The summed E-state index contributed by atoms with van der Waals surface area (Å²) in [6.45, 7) is 1.27. The second-order valence-corrected chi connectivity index (χ2v) is 7.37. The van der Waals surface area contributed by atoms with Crippen LogP contribution < -0.4 is 5.73 Å². The quantitative estimate of drug-likeness (QED) is 0.875. The fourth-order valence-corrected chi connectivity index (χ4v) is 3.97. The van der Waals surface area contributed by atoms with Crippen LogP contribution in [0.1, 0.15) is 0 Å². The van der Waals surface area contributed by atoms with Crippen molar-refractivity contribution < 1.29 is 13.2 Å². The minimum absolute atomic E-state index is 0.210. The second kappa shape index (κ2) is 6.07.